The minimum Gasteiger partial charge on any atom is -0.445 e. The number of amides is 1. The first-order chi connectivity index (χ1) is 13.9. The Morgan fingerprint density at radius 2 is 1.83 bits per heavy atom. The van der Waals surface area contributed by atoms with Gasteiger partial charge < -0.3 is 20.7 Å². The summed E-state index contributed by atoms with van der Waals surface area (Å²) in [5, 5.41) is 12.6. The summed E-state index contributed by atoms with van der Waals surface area (Å²) >= 11 is 0. The molecule has 1 heterocycles. The predicted molar refractivity (Wildman–Crippen MR) is 112 cm³/mol. The fourth-order valence-electron chi connectivity index (χ4n) is 3.35. The summed E-state index contributed by atoms with van der Waals surface area (Å²) in [6, 6.07) is 19.5. The first kappa shape index (κ1) is 20.0. The molecule has 0 bridgehead atoms. The number of carbonyl (C=O) groups is 1. The molecule has 148 valence electrons. The van der Waals surface area contributed by atoms with Crippen LogP contribution in [0.3, 0.4) is 0 Å². The number of anilines is 1. The van der Waals surface area contributed by atoms with Gasteiger partial charge in [0.15, 0.2) is 0 Å². The number of allylic oxidation sites excluding steroid dienone is 2. The molecule has 6 nitrogen and oxygen atoms in total. The molecule has 1 aliphatic rings. The summed E-state index contributed by atoms with van der Waals surface area (Å²) < 4.78 is 5.53. The van der Waals surface area contributed by atoms with Gasteiger partial charge in [-0.05, 0) is 30.2 Å². The minimum atomic E-state index is -0.583. The van der Waals surface area contributed by atoms with Crippen LogP contribution in [0.25, 0.3) is 0 Å². The molecule has 6 heteroatoms. The van der Waals surface area contributed by atoms with Crippen molar-refractivity contribution in [3.05, 3.63) is 88.5 Å². The normalized spacial score (nSPS) is 16.1. The number of nitrogens with one attached hydrogen (secondary N) is 1. The number of benzene rings is 2. The van der Waals surface area contributed by atoms with E-state index in [4.69, 9.17) is 10.5 Å². The third-order valence-corrected chi connectivity index (χ3v) is 4.89. The van der Waals surface area contributed by atoms with Crippen molar-refractivity contribution in [3.63, 3.8) is 0 Å². The van der Waals surface area contributed by atoms with E-state index in [0.717, 1.165) is 16.8 Å². The summed E-state index contributed by atoms with van der Waals surface area (Å²) in [5.74, 6) is -0.436. The van der Waals surface area contributed by atoms with E-state index in [-0.39, 0.29) is 17.4 Å². The topological polar surface area (TPSA) is 91.4 Å². The number of nitriles is 1. The Bertz CT molecular complexity index is 999. The van der Waals surface area contributed by atoms with E-state index in [0.29, 0.717) is 17.9 Å². The van der Waals surface area contributed by atoms with Gasteiger partial charge in [-0.1, -0.05) is 42.5 Å². The largest absolute Gasteiger partial charge is 0.445 e. The number of nitrogens with two attached hydrogens (primary N) is 1. The highest BCUT2D eigenvalue weighted by Gasteiger charge is 2.35. The molecule has 0 aromatic heterocycles. The molecule has 0 fully saturated rings. The van der Waals surface area contributed by atoms with Gasteiger partial charge in [0, 0.05) is 26.3 Å². The maximum absolute atomic E-state index is 13.1. The third-order valence-electron chi connectivity index (χ3n) is 4.89. The summed E-state index contributed by atoms with van der Waals surface area (Å²) in [6.07, 6.45) is 0. The second-order valence-corrected chi connectivity index (χ2v) is 7.05. The summed E-state index contributed by atoms with van der Waals surface area (Å²) in [6.45, 7) is 2.07. The molecule has 1 unspecified atom stereocenters. The van der Waals surface area contributed by atoms with Crippen molar-refractivity contribution in [1.29, 1.82) is 5.26 Å². The zero-order chi connectivity index (χ0) is 21.0. The molecule has 2 aromatic rings. The lowest BCUT2D eigenvalue weighted by Gasteiger charge is -2.27. The van der Waals surface area contributed by atoms with Crippen LogP contribution in [0.5, 0.6) is 0 Å². The first-order valence-electron chi connectivity index (χ1n) is 9.30. The average Bonchev–Trinajstić information content (AvgIpc) is 2.72. The molecule has 1 amide bonds. The molecule has 0 saturated heterocycles. The minimum absolute atomic E-state index is 0.0336. The van der Waals surface area contributed by atoms with Gasteiger partial charge >= 0.3 is 0 Å². The van der Waals surface area contributed by atoms with E-state index in [1.807, 2.05) is 73.6 Å². The Morgan fingerprint density at radius 3 is 2.41 bits per heavy atom. The molecule has 0 aliphatic carbocycles. The number of hydrogen-bond acceptors (Lipinski definition) is 5. The predicted octanol–water partition coefficient (Wildman–Crippen LogP) is 3.15. The number of hydrogen-bond donors (Lipinski definition) is 2. The molecule has 3 rings (SSSR count). The maximum Gasteiger partial charge on any atom is 0.251 e. The van der Waals surface area contributed by atoms with E-state index < -0.39 is 5.92 Å². The standard InChI is InChI=1S/C23H24N4O2/c1-15-20(23(28)26-14-16-7-5-4-6-8-16)21(19(13-24)22(25)29-15)17-9-11-18(12-10-17)27(2)3/h4-12,21H,14,25H2,1-3H3,(H,26,28). The lowest BCUT2D eigenvalue weighted by atomic mass is 9.82. The van der Waals surface area contributed by atoms with Crippen LogP contribution >= 0.6 is 0 Å². The highest BCUT2D eigenvalue weighted by atomic mass is 16.5. The van der Waals surface area contributed by atoms with E-state index in [1.165, 1.54) is 0 Å². The van der Waals surface area contributed by atoms with Gasteiger partial charge in [-0.25, -0.2) is 0 Å². The monoisotopic (exact) mass is 388 g/mol. The van der Waals surface area contributed by atoms with Crippen molar-refractivity contribution in [2.45, 2.75) is 19.4 Å². The lowest BCUT2D eigenvalue weighted by molar-refractivity contribution is -0.118. The van der Waals surface area contributed by atoms with Crippen molar-refractivity contribution < 1.29 is 9.53 Å². The Morgan fingerprint density at radius 1 is 1.17 bits per heavy atom. The van der Waals surface area contributed by atoms with Crippen LogP contribution < -0.4 is 16.0 Å². The molecule has 2 aromatic carbocycles. The molecule has 3 N–H and O–H groups in total. The Kier molecular flexibility index (Phi) is 5.89. The second-order valence-electron chi connectivity index (χ2n) is 7.05. The van der Waals surface area contributed by atoms with Gasteiger partial charge in [0.25, 0.3) is 5.91 Å². The van der Waals surface area contributed by atoms with Gasteiger partial charge in [0.05, 0.1) is 11.5 Å². The molecule has 1 aliphatic heterocycles. The second kappa shape index (κ2) is 8.53. The zero-order valence-corrected chi connectivity index (χ0v) is 16.8. The molecule has 29 heavy (non-hydrogen) atoms. The molecule has 0 spiro atoms. The van der Waals surface area contributed by atoms with Crippen molar-refractivity contribution in [2.24, 2.45) is 5.73 Å². The molecule has 1 atom stereocenters. The van der Waals surface area contributed by atoms with Crippen LogP contribution in [-0.4, -0.2) is 20.0 Å². The van der Waals surface area contributed by atoms with Crippen LogP contribution in [0.15, 0.2) is 77.4 Å². The summed E-state index contributed by atoms with van der Waals surface area (Å²) in [5.41, 5.74) is 9.41. The number of ether oxygens (including phenoxy) is 1. The Labute approximate surface area is 170 Å². The van der Waals surface area contributed by atoms with Gasteiger partial charge in [-0.3, -0.25) is 4.79 Å². The zero-order valence-electron chi connectivity index (χ0n) is 16.8. The van der Waals surface area contributed by atoms with Crippen LogP contribution in [-0.2, 0) is 16.1 Å². The van der Waals surface area contributed by atoms with Crippen molar-refractivity contribution >= 4 is 11.6 Å². The van der Waals surface area contributed by atoms with Gasteiger partial charge in [0.2, 0.25) is 5.88 Å². The van der Waals surface area contributed by atoms with Gasteiger partial charge in [-0.2, -0.15) is 5.26 Å². The van der Waals surface area contributed by atoms with E-state index in [1.54, 1.807) is 6.92 Å². The average molecular weight is 388 g/mol. The molecule has 0 saturated carbocycles. The fraction of sp³-hybridized carbons (Fsp3) is 0.217. The third kappa shape index (κ3) is 4.25. The Balaban J connectivity index is 1.95. The van der Waals surface area contributed by atoms with Crippen LogP contribution in [0.1, 0.15) is 24.0 Å². The number of nitrogens with zero attached hydrogens (tertiary/aromatic N) is 2. The van der Waals surface area contributed by atoms with Gasteiger partial charge in [-0.15, -0.1) is 0 Å². The summed E-state index contributed by atoms with van der Waals surface area (Å²) in [7, 11) is 3.91. The van der Waals surface area contributed by atoms with E-state index in [2.05, 4.69) is 11.4 Å². The van der Waals surface area contributed by atoms with Crippen molar-refractivity contribution in [2.75, 3.05) is 19.0 Å². The Hall–Kier alpha value is -3.72. The van der Waals surface area contributed by atoms with Crippen LogP contribution in [0.4, 0.5) is 5.69 Å². The number of rotatable bonds is 5. The van der Waals surface area contributed by atoms with Crippen molar-refractivity contribution in [1.82, 2.24) is 5.32 Å². The smallest absolute Gasteiger partial charge is 0.251 e. The summed E-state index contributed by atoms with van der Waals surface area (Å²) in [4.78, 5) is 15.1. The van der Waals surface area contributed by atoms with Gasteiger partial charge in [0.1, 0.15) is 17.4 Å². The molecule has 0 radical (unpaired) electrons. The molecular formula is C23H24N4O2. The fourth-order valence-corrected chi connectivity index (χ4v) is 3.35. The van der Waals surface area contributed by atoms with E-state index >= 15 is 0 Å². The van der Waals surface area contributed by atoms with Crippen LogP contribution in [0.2, 0.25) is 0 Å². The van der Waals surface area contributed by atoms with E-state index in [9.17, 15) is 10.1 Å². The van der Waals surface area contributed by atoms with Crippen molar-refractivity contribution in [3.8, 4) is 6.07 Å². The highest BCUT2D eigenvalue weighted by Crippen LogP contribution is 2.39. The molecular weight excluding hydrogens is 364 g/mol. The van der Waals surface area contributed by atoms with Crippen LogP contribution in [0, 0.1) is 11.3 Å². The first-order valence-corrected chi connectivity index (χ1v) is 9.30. The highest BCUT2D eigenvalue weighted by molar-refractivity contribution is 5.96. The lowest BCUT2D eigenvalue weighted by Crippen LogP contribution is -2.32. The maximum atomic E-state index is 13.1. The SMILES string of the molecule is CC1=C(C(=O)NCc2ccccc2)C(c2ccc(N(C)C)cc2)C(C#N)=C(N)O1. The number of carbonyl (C=O) groups excluding carboxylic acids is 1. The quantitative estimate of drug-likeness (QED) is 0.821.